The molecule has 0 radical (unpaired) electrons. The number of hydrogen-bond donors (Lipinski definition) is 1. The Labute approximate surface area is 139 Å². The molecule has 1 N–H and O–H groups in total. The van der Waals surface area contributed by atoms with Crippen LogP contribution in [-0.4, -0.2) is 35.4 Å². The zero-order chi connectivity index (χ0) is 17.0. The standard InChI is InChI=1S/C19H26N2O2/c1-13(20-2)15-11-17(19(23-6)18(12-15)22-5)14-7-9-16(10-8-14)21(3)4/h7-13,20H,1-6H3. The van der Waals surface area contributed by atoms with Gasteiger partial charge in [-0.05, 0) is 49.4 Å². The second kappa shape index (κ2) is 7.38. The van der Waals surface area contributed by atoms with E-state index >= 15 is 0 Å². The highest BCUT2D eigenvalue weighted by Crippen LogP contribution is 2.40. The summed E-state index contributed by atoms with van der Waals surface area (Å²) in [6.07, 6.45) is 0. The van der Waals surface area contributed by atoms with Crippen molar-refractivity contribution in [1.82, 2.24) is 5.32 Å². The van der Waals surface area contributed by atoms with Gasteiger partial charge in [-0.25, -0.2) is 0 Å². The van der Waals surface area contributed by atoms with Crippen molar-refractivity contribution in [3.05, 3.63) is 42.0 Å². The fourth-order valence-corrected chi connectivity index (χ4v) is 2.56. The number of nitrogens with zero attached hydrogens (tertiary/aromatic N) is 1. The van der Waals surface area contributed by atoms with E-state index in [4.69, 9.17) is 9.47 Å². The maximum atomic E-state index is 5.61. The summed E-state index contributed by atoms with van der Waals surface area (Å²) in [4.78, 5) is 2.08. The molecule has 0 amide bonds. The van der Waals surface area contributed by atoms with Crippen LogP contribution in [0.2, 0.25) is 0 Å². The van der Waals surface area contributed by atoms with Crippen LogP contribution >= 0.6 is 0 Å². The first-order valence-electron chi connectivity index (χ1n) is 7.72. The molecule has 4 nitrogen and oxygen atoms in total. The molecule has 0 saturated heterocycles. The van der Waals surface area contributed by atoms with Crippen molar-refractivity contribution in [2.75, 3.05) is 40.3 Å². The van der Waals surface area contributed by atoms with Crippen molar-refractivity contribution in [3.63, 3.8) is 0 Å². The molecular weight excluding hydrogens is 288 g/mol. The number of anilines is 1. The van der Waals surface area contributed by atoms with Gasteiger partial charge in [0.15, 0.2) is 11.5 Å². The minimum absolute atomic E-state index is 0.231. The lowest BCUT2D eigenvalue weighted by molar-refractivity contribution is 0.355. The predicted octanol–water partition coefficient (Wildman–Crippen LogP) is 3.72. The molecule has 0 fully saturated rings. The maximum Gasteiger partial charge on any atom is 0.168 e. The summed E-state index contributed by atoms with van der Waals surface area (Å²) in [7, 11) is 9.37. The van der Waals surface area contributed by atoms with Crippen molar-refractivity contribution in [3.8, 4) is 22.6 Å². The first kappa shape index (κ1) is 17.2. The summed E-state index contributed by atoms with van der Waals surface area (Å²) in [5.74, 6) is 1.51. The largest absolute Gasteiger partial charge is 0.493 e. The zero-order valence-electron chi connectivity index (χ0n) is 14.8. The van der Waals surface area contributed by atoms with Gasteiger partial charge in [-0.15, -0.1) is 0 Å². The monoisotopic (exact) mass is 314 g/mol. The molecular formula is C19H26N2O2. The van der Waals surface area contributed by atoms with E-state index in [2.05, 4.69) is 47.5 Å². The van der Waals surface area contributed by atoms with Crippen LogP contribution in [0.3, 0.4) is 0 Å². The van der Waals surface area contributed by atoms with E-state index in [-0.39, 0.29) is 6.04 Å². The Balaban J connectivity index is 2.58. The molecule has 23 heavy (non-hydrogen) atoms. The van der Waals surface area contributed by atoms with Gasteiger partial charge in [-0.2, -0.15) is 0 Å². The summed E-state index contributed by atoms with van der Waals surface area (Å²) < 4.78 is 11.1. The van der Waals surface area contributed by atoms with Crippen LogP contribution in [0, 0.1) is 0 Å². The van der Waals surface area contributed by atoms with Gasteiger partial charge in [0.05, 0.1) is 14.2 Å². The average Bonchev–Trinajstić information content (AvgIpc) is 2.59. The van der Waals surface area contributed by atoms with Crippen LogP contribution in [0.5, 0.6) is 11.5 Å². The molecule has 2 rings (SSSR count). The van der Waals surface area contributed by atoms with Gasteiger partial charge in [0.1, 0.15) is 0 Å². The summed E-state index contributed by atoms with van der Waals surface area (Å²) >= 11 is 0. The quantitative estimate of drug-likeness (QED) is 0.881. The number of methoxy groups -OCH3 is 2. The topological polar surface area (TPSA) is 33.7 Å². The summed E-state index contributed by atoms with van der Waals surface area (Å²) in [5.41, 5.74) is 4.47. The van der Waals surface area contributed by atoms with E-state index in [0.717, 1.165) is 28.2 Å². The van der Waals surface area contributed by atoms with Crippen molar-refractivity contribution in [2.24, 2.45) is 0 Å². The van der Waals surface area contributed by atoms with Crippen LogP contribution in [0.1, 0.15) is 18.5 Å². The molecule has 2 aromatic carbocycles. The summed E-state index contributed by atoms with van der Waals surface area (Å²) in [6, 6.07) is 12.9. The van der Waals surface area contributed by atoms with Gasteiger partial charge in [-0.1, -0.05) is 12.1 Å². The molecule has 1 unspecified atom stereocenters. The number of rotatable bonds is 6. The first-order valence-corrected chi connectivity index (χ1v) is 7.72. The average molecular weight is 314 g/mol. The van der Waals surface area contributed by atoms with E-state index in [1.165, 1.54) is 5.69 Å². The summed E-state index contributed by atoms with van der Waals surface area (Å²) in [6.45, 7) is 2.13. The Morgan fingerprint density at radius 1 is 1.00 bits per heavy atom. The third kappa shape index (κ3) is 3.59. The van der Waals surface area contributed by atoms with Gasteiger partial charge >= 0.3 is 0 Å². The van der Waals surface area contributed by atoms with Gasteiger partial charge in [0.25, 0.3) is 0 Å². The minimum Gasteiger partial charge on any atom is -0.493 e. The maximum absolute atomic E-state index is 5.61. The van der Waals surface area contributed by atoms with Crippen LogP contribution in [-0.2, 0) is 0 Å². The molecule has 0 heterocycles. The molecule has 1 atom stereocenters. The van der Waals surface area contributed by atoms with Crippen molar-refractivity contribution >= 4 is 5.69 Å². The summed E-state index contributed by atoms with van der Waals surface area (Å²) in [5, 5.41) is 3.27. The van der Waals surface area contributed by atoms with Crippen molar-refractivity contribution in [1.29, 1.82) is 0 Å². The minimum atomic E-state index is 0.231. The van der Waals surface area contributed by atoms with E-state index in [0.29, 0.717) is 0 Å². The SMILES string of the molecule is CNC(C)c1cc(OC)c(OC)c(-c2ccc(N(C)C)cc2)c1. The lowest BCUT2D eigenvalue weighted by atomic mass is 9.98. The second-order valence-electron chi connectivity index (χ2n) is 5.76. The number of hydrogen-bond acceptors (Lipinski definition) is 4. The Bertz CT molecular complexity index is 651. The predicted molar refractivity (Wildman–Crippen MR) is 96.8 cm³/mol. The van der Waals surface area contributed by atoms with E-state index < -0.39 is 0 Å². The van der Waals surface area contributed by atoms with E-state index in [9.17, 15) is 0 Å². The molecule has 0 aliphatic heterocycles. The second-order valence-corrected chi connectivity index (χ2v) is 5.76. The molecule has 0 bridgehead atoms. The number of benzene rings is 2. The van der Waals surface area contributed by atoms with Gasteiger partial charge in [-0.3, -0.25) is 0 Å². The third-order valence-electron chi connectivity index (χ3n) is 4.13. The Hall–Kier alpha value is -2.20. The molecule has 124 valence electrons. The van der Waals surface area contributed by atoms with Gasteiger partial charge in [0.2, 0.25) is 0 Å². The molecule has 4 heteroatoms. The smallest absolute Gasteiger partial charge is 0.168 e. The van der Waals surface area contributed by atoms with Crippen LogP contribution in [0.4, 0.5) is 5.69 Å². The number of ether oxygens (including phenoxy) is 2. The highest BCUT2D eigenvalue weighted by molar-refractivity contribution is 5.76. The molecule has 2 aromatic rings. The zero-order valence-corrected chi connectivity index (χ0v) is 14.8. The lowest BCUT2D eigenvalue weighted by Gasteiger charge is -2.19. The Kier molecular flexibility index (Phi) is 5.50. The highest BCUT2D eigenvalue weighted by atomic mass is 16.5. The van der Waals surface area contributed by atoms with E-state index in [1.54, 1.807) is 14.2 Å². The Morgan fingerprint density at radius 3 is 2.13 bits per heavy atom. The lowest BCUT2D eigenvalue weighted by Crippen LogP contribution is -2.12. The fourth-order valence-electron chi connectivity index (χ4n) is 2.56. The molecule has 0 aromatic heterocycles. The van der Waals surface area contributed by atoms with E-state index in [1.807, 2.05) is 27.2 Å². The number of nitrogens with one attached hydrogen (secondary N) is 1. The van der Waals surface area contributed by atoms with Crippen LogP contribution in [0.25, 0.3) is 11.1 Å². The van der Waals surface area contributed by atoms with Crippen molar-refractivity contribution < 1.29 is 9.47 Å². The van der Waals surface area contributed by atoms with Crippen LogP contribution in [0.15, 0.2) is 36.4 Å². The Morgan fingerprint density at radius 2 is 1.65 bits per heavy atom. The highest BCUT2D eigenvalue weighted by Gasteiger charge is 2.16. The molecule has 0 saturated carbocycles. The molecule has 0 aliphatic rings. The molecule has 0 spiro atoms. The van der Waals surface area contributed by atoms with Gasteiger partial charge in [0, 0.05) is 31.4 Å². The molecule has 0 aliphatic carbocycles. The fraction of sp³-hybridized carbons (Fsp3) is 0.368. The third-order valence-corrected chi connectivity index (χ3v) is 4.13. The van der Waals surface area contributed by atoms with Crippen molar-refractivity contribution in [2.45, 2.75) is 13.0 Å². The normalized spacial score (nSPS) is 11.9. The van der Waals surface area contributed by atoms with Gasteiger partial charge < -0.3 is 19.7 Å². The first-order chi connectivity index (χ1) is 11.0. The van der Waals surface area contributed by atoms with Crippen LogP contribution < -0.4 is 19.7 Å².